The third-order valence-corrected chi connectivity index (χ3v) is 5.12. The molecule has 0 amide bonds. The fourth-order valence-electron chi connectivity index (χ4n) is 4.05. The van der Waals surface area contributed by atoms with Crippen LogP contribution in [0.1, 0.15) is 44.1 Å². The Bertz CT molecular complexity index is 503. The fraction of sp³-hybridized carbons (Fsp3) is 0.625. The predicted molar refractivity (Wildman–Crippen MR) is 81.6 cm³/mol. The van der Waals surface area contributed by atoms with Gasteiger partial charge in [0.1, 0.15) is 5.82 Å². The van der Waals surface area contributed by atoms with Crippen LogP contribution in [-0.2, 0) is 6.54 Å². The van der Waals surface area contributed by atoms with Gasteiger partial charge in [0, 0.05) is 13.1 Å². The molecule has 0 aromatic heterocycles. The number of nitrogens with zero attached hydrogens (tertiary/aromatic N) is 1. The summed E-state index contributed by atoms with van der Waals surface area (Å²) in [5, 5.41) is 18.4. The van der Waals surface area contributed by atoms with E-state index in [9.17, 15) is 14.4 Å². The average molecular weight is 291 g/mol. The SMILES string of the molecule is OB(O)c1cc(F)cc(CN2CCC3(CCCCC3)C2)c1. The molecule has 1 aliphatic heterocycles. The van der Waals surface area contributed by atoms with Gasteiger partial charge in [-0.2, -0.15) is 0 Å². The first-order valence-corrected chi connectivity index (χ1v) is 7.94. The lowest BCUT2D eigenvalue weighted by molar-refractivity contribution is 0.183. The van der Waals surface area contributed by atoms with Crippen molar-refractivity contribution < 1.29 is 14.4 Å². The molecular weight excluding hydrogens is 268 g/mol. The van der Waals surface area contributed by atoms with Crippen LogP contribution in [0.5, 0.6) is 0 Å². The summed E-state index contributed by atoms with van der Waals surface area (Å²) in [5.74, 6) is -0.401. The normalized spacial score (nSPS) is 21.9. The summed E-state index contributed by atoms with van der Waals surface area (Å²) in [7, 11) is -1.61. The Morgan fingerprint density at radius 3 is 2.57 bits per heavy atom. The van der Waals surface area contributed by atoms with Crippen molar-refractivity contribution in [1.29, 1.82) is 0 Å². The molecule has 3 rings (SSSR count). The van der Waals surface area contributed by atoms with Gasteiger partial charge >= 0.3 is 7.12 Å². The van der Waals surface area contributed by atoms with E-state index in [-0.39, 0.29) is 5.46 Å². The van der Waals surface area contributed by atoms with E-state index in [1.807, 2.05) is 0 Å². The molecule has 2 fully saturated rings. The smallest absolute Gasteiger partial charge is 0.423 e. The van der Waals surface area contributed by atoms with Crippen LogP contribution >= 0.6 is 0 Å². The zero-order valence-electron chi connectivity index (χ0n) is 12.4. The van der Waals surface area contributed by atoms with Crippen molar-refractivity contribution in [3.63, 3.8) is 0 Å². The maximum absolute atomic E-state index is 13.6. The van der Waals surface area contributed by atoms with Crippen LogP contribution in [0.15, 0.2) is 18.2 Å². The Labute approximate surface area is 125 Å². The molecule has 1 aliphatic carbocycles. The highest BCUT2D eigenvalue weighted by atomic mass is 19.1. The fourth-order valence-corrected chi connectivity index (χ4v) is 4.05. The van der Waals surface area contributed by atoms with Gasteiger partial charge in [0.05, 0.1) is 0 Å². The van der Waals surface area contributed by atoms with Gasteiger partial charge in [0.2, 0.25) is 0 Å². The lowest BCUT2D eigenvalue weighted by Gasteiger charge is -2.33. The van der Waals surface area contributed by atoms with E-state index < -0.39 is 12.9 Å². The second kappa shape index (κ2) is 6.07. The van der Waals surface area contributed by atoms with Crippen LogP contribution in [0, 0.1) is 11.2 Å². The second-order valence-electron chi connectivity index (χ2n) is 6.79. The molecule has 0 radical (unpaired) electrons. The standard InChI is InChI=1S/C16H23BFNO2/c18-15-9-13(8-14(10-15)17(20)21)11-19-7-6-16(12-19)4-2-1-3-5-16/h8-10,20-21H,1-7,11-12H2. The Morgan fingerprint density at radius 1 is 1.10 bits per heavy atom. The van der Waals surface area contributed by atoms with Gasteiger partial charge in [-0.25, -0.2) is 4.39 Å². The van der Waals surface area contributed by atoms with E-state index in [1.54, 1.807) is 6.07 Å². The van der Waals surface area contributed by atoms with Gasteiger partial charge < -0.3 is 10.0 Å². The van der Waals surface area contributed by atoms with Crippen molar-refractivity contribution in [1.82, 2.24) is 4.90 Å². The number of hydrogen-bond acceptors (Lipinski definition) is 3. The summed E-state index contributed by atoms with van der Waals surface area (Å²) >= 11 is 0. The van der Waals surface area contributed by atoms with Crippen LogP contribution < -0.4 is 5.46 Å². The largest absolute Gasteiger partial charge is 0.488 e. The minimum Gasteiger partial charge on any atom is -0.423 e. The summed E-state index contributed by atoms with van der Waals surface area (Å²) < 4.78 is 13.6. The number of rotatable bonds is 3. The molecule has 1 spiro atoms. The highest BCUT2D eigenvalue weighted by Gasteiger charge is 2.38. The van der Waals surface area contributed by atoms with E-state index in [4.69, 9.17) is 0 Å². The minimum absolute atomic E-state index is 0.233. The summed E-state index contributed by atoms with van der Waals surface area (Å²) in [6.45, 7) is 2.85. The number of halogens is 1. The molecule has 3 nitrogen and oxygen atoms in total. The summed E-state index contributed by atoms with van der Waals surface area (Å²) in [6.07, 6.45) is 7.95. The third-order valence-electron chi connectivity index (χ3n) is 5.12. The van der Waals surface area contributed by atoms with Crippen LogP contribution in [0.4, 0.5) is 4.39 Å². The van der Waals surface area contributed by atoms with Crippen LogP contribution in [0.3, 0.4) is 0 Å². The first kappa shape index (κ1) is 15.0. The van der Waals surface area contributed by atoms with Gasteiger partial charge in [0.15, 0.2) is 0 Å². The van der Waals surface area contributed by atoms with Crippen molar-refractivity contribution >= 4 is 12.6 Å². The quantitative estimate of drug-likeness (QED) is 0.833. The Kier molecular flexibility index (Phi) is 4.34. The van der Waals surface area contributed by atoms with Gasteiger partial charge in [-0.15, -0.1) is 0 Å². The summed E-state index contributed by atoms with van der Waals surface area (Å²) in [4.78, 5) is 2.38. The Hall–Kier alpha value is -0.905. The van der Waals surface area contributed by atoms with Crippen molar-refractivity contribution in [3.05, 3.63) is 29.6 Å². The van der Waals surface area contributed by atoms with Crippen molar-refractivity contribution in [2.45, 2.75) is 45.1 Å². The molecule has 2 N–H and O–H groups in total. The van der Waals surface area contributed by atoms with E-state index in [0.717, 1.165) is 18.7 Å². The lowest BCUT2D eigenvalue weighted by Crippen LogP contribution is -2.32. The highest BCUT2D eigenvalue weighted by Crippen LogP contribution is 2.43. The molecule has 5 heteroatoms. The molecule has 0 unspecified atom stereocenters. The first-order valence-electron chi connectivity index (χ1n) is 7.94. The third kappa shape index (κ3) is 3.47. The molecule has 1 heterocycles. The summed E-state index contributed by atoms with van der Waals surface area (Å²) in [5.41, 5.74) is 1.55. The topological polar surface area (TPSA) is 43.7 Å². The van der Waals surface area contributed by atoms with Crippen molar-refractivity contribution in [2.75, 3.05) is 13.1 Å². The molecule has 1 saturated carbocycles. The molecule has 2 aliphatic rings. The number of hydrogen-bond donors (Lipinski definition) is 2. The zero-order chi connectivity index (χ0) is 14.9. The highest BCUT2D eigenvalue weighted by molar-refractivity contribution is 6.58. The predicted octanol–water partition coefficient (Wildman–Crippen LogP) is 1.66. The average Bonchev–Trinajstić information content (AvgIpc) is 2.81. The molecule has 114 valence electrons. The molecule has 0 bridgehead atoms. The molecule has 0 atom stereocenters. The summed E-state index contributed by atoms with van der Waals surface area (Å²) in [6, 6.07) is 4.37. The van der Waals surface area contributed by atoms with Crippen molar-refractivity contribution in [2.24, 2.45) is 5.41 Å². The Morgan fingerprint density at radius 2 is 1.86 bits per heavy atom. The maximum Gasteiger partial charge on any atom is 0.488 e. The van der Waals surface area contributed by atoms with E-state index >= 15 is 0 Å². The van der Waals surface area contributed by atoms with Crippen LogP contribution in [-0.4, -0.2) is 35.2 Å². The second-order valence-corrected chi connectivity index (χ2v) is 6.79. The van der Waals surface area contributed by atoms with Gasteiger partial charge in [-0.1, -0.05) is 25.3 Å². The number of likely N-dealkylation sites (tertiary alicyclic amines) is 1. The molecule has 1 aromatic carbocycles. The number of benzene rings is 1. The van der Waals surface area contributed by atoms with Crippen LogP contribution in [0.2, 0.25) is 0 Å². The monoisotopic (exact) mass is 291 g/mol. The van der Waals surface area contributed by atoms with Crippen molar-refractivity contribution in [3.8, 4) is 0 Å². The molecule has 1 saturated heterocycles. The van der Waals surface area contributed by atoms with E-state index in [1.165, 1.54) is 50.7 Å². The molecular formula is C16H23BFNO2. The van der Waals surface area contributed by atoms with Gasteiger partial charge in [-0.3, -0.25) is 4.90 Å². The zero-order valence-corrected chi connectivity index (χ0v) is 12.4. The van der Waals surface area contributed by atoms with E-state index in [0.29, 0.717) is 12.0 Å². The van der Waals surface area contributed by atoms with E-state index in [2.05, 4.69) is 4.90 Å². The Balaban J connectivity index is 1.67. The molecule has 21 heavy (non-hydrogen) atoms. The van der Waals surface area contributed by atoms with Crippen LogP contribution in [0.25, 0.3) is 0 Å². The molecule has 1 aromatic rings. The van der Waals surface area contributed by atoms with Gasteiger partial charge in [-0.05, 0) is 54.4 Å². The lowest BCUT2D eigenvalue weighted by atomic mass is 9.73. The van der Waals surface area contributed by atoms with Gasteiger partial charge in [0.25, 0.3) is 0 Å². The maximum atomic E-state index is 13.6. The minimum atomic E-state index is -1.61. The first-order chi connectivity index (χ1) is 10.1.